The Morgan fingerprint density at radius 2 is 2.00 bits per heavy atom. The summed E-state index contributed by atoms with van der Waals surface area (Å²) in [6.45, 7) is 3.64. The second-order valence-corrected chi connectivity index (χ2v) is 4.50. The van der Waals surface area contributed by atoms with Crippen LogP contribution in [0, 0.1) is 5.92 Å². The molecule has 1 saturated heterocycles. The molecule has 0 bridgehead atoms. The normalized spacial score (nSPS) is 27.2. The predicted octanol–water partition coefficient (Wildman–Crippen LogP) is -0.984. The van der Waals surface area contributed by atoms with Crippen LogP contribution in [0.1, 0.15) is 20.3 Å². The van der Waals surface area contributed by atoms with Gasteiger partial charge < -0.3 is 20.8 Å². The summed E-state index contributed by atoms with van der Waals surface area (Å²) >= 11 is 0. The molecule has 3 atom stereocenters. The number of amides is 1. The van der Waals surface area contributed by atoms with Crippen LogP contribution in [0.15, 0.2) is 0 Å². The Hall–Kier alpha value is -1.14. The number of carboxylic acids is 1. The predicted molar refractivity (Wildman–Crippen MR) is 56.6 cm³/mol. The molecular weight excluding hydrogens is 212 g/mol. The molecule has 0 saturated carbocycles. The molecular formula is C10H18N2O4. The monoisotopic (exact) mass is 230 g/mol. The fraction of sp³-hybridized carbons (Fsp3) is 0.800. The van der Waals surface area contributed by atoms with Gasteiger partial charge in [0.15, 0.2) is 0 Å². The maximum absolute atomic E-state index is 11.9. The highest BCUT2D eigenvalue weighted by molar-refractivity contribution is 5.87. The third-order valence-electron chi connectivity index (χ3n) is 2.85. The standard InChI is InChI=1S/C10H18N2O4/c1-5(2)8(11)9(14)12-4-6(13)3-7(12)10(15)16/h5-8,13H,3-4,11H2,1-2H3,(H,15,16)/t6-,7+,8-/m1/s1. The Bertz CT molecular complexity index is 293. The van der Waals surface area contributed by atoms with E-state index in [4.69, 9.17) is 10.8 Å². The number of carboxylic acid groups (broad SMARTS) is 1. The number of hydrogen-bond donors (Lipinski definition) is 3. The third kappa shape index (κ3) is 2.51. The van der Waals surface area contributed by atoms with Crippen molar-refractivity contribution in [3.63, 3.8) is 0 Å². The zero-order valence-electron chi connectivity index (χ0n) is 9.46. The van der Waals surface area contributed by atoms with Gasteiger partial charge in [0.25, 0.3) is 0 Å². The molecule has 6 nitrogen and oxygen atoms in total. The van der Waals surface area contributed by atoms with Gasteiger partial charge in [0.1, 0.15) is 6.04 Å². The van der Waals surface area contributed by atoms with E-state index in [1.807, 2.05) is 0 Å². The van der Waals surface area contributed by atoms with Crippen molar-refractivity contribution in [2.45, 2.75) is 38.5 Å². The Morgan fingerprint density at radius 3 is 2.44 bits per heavy atom. The summed E-state index contributed by atoms with van der Waals surface area (Å²) in [6.07, 6.45) is -0.698. The minimum atomic E-state index is -1.10. The lowest BCUT2D eigenvalue weighted by molar-refractivity contribution is -0.149. The van der Waals surface area contributed by atoms with Crippen LogP contribution in [-0.2, 0) is 9.59 Å². The molecule has 1 heterocycles. The van der Waals surface area contributed by atoms with E-state index in [-0.39, 0.29) is 18.9 Å². The van der Waals surface area contributed by atoms with E-state index < -0.39 is 30.1 Å². The van der Waals surface area contributed by atoms with E-state index in [0.29, 0.717) is 0 Å². The molecule has 1 aliphatic rings. The average molecular weight is 230 g/mol. The first-order valence-electron chi connectivity index (χ1n) is 5.31. The number of aliphatic carboxylic acids is 1. The summed E-state index contributed by atoms with van der Waals surface area (Å²) in [5.41, 5.74) is 5.68. The van der Waals surface area contributed by atoms with Crippen LogP contribution in [0.4, 0.5) is 0 Å². The second-order valence-electron chi connectivity index (χ2n) is 4.50. The van der Waals surface area contributed by atoms with E-state index in [1.165, 1.54) is 0 Å². The van der Waals surface area contributed by atoms with Gasteiger partial charge in [-0.1, -0.05) is 13.8 Å². The lowest BCUT2D eigenvalue weighted by atomic mass is 10.0. The van der Waals surface area contributed by atoms with Crippen LogP contribution >= 0.6 is 0 Å². The van der Waals surface area contributed by atoms with Gasteiger partial charge in [-0.25, -0.2) is 4.79 Å². The van der Waals surface area contributed by atoms with Gasteiger partial charge >= 0.3 is 5.97 Å². The summed E-state index contributed by atoms with van der Waals surface area (Å²) in [5.74, 6) is -1.56. The quantitative estimate of drug-likeness (QED) is 0.578. The molecule has 0 radical (unpaired) electrons. The maximum atomic E-state index is 11.9. The molecule has 1 rings (SSSR count). The number of likely N-dealkylation sites (tertiary alicyclic amines) is 1. The molecule has 16 heavy (non-hydrogen) atoms. The molecule has 0 aromatic rings. The first kappa shape index (κ1) is 12.9. The largest absolute Gasteiger partial charge is 0.480 e. The van der Waals surface area contributed by atoms with Crippen molar-refractivity contribution in [3.05, 3.63) is 0 Å². The van der Waals surface area contributed by atoms with Gasteiger partial charge in [0.2, 0.25) is 5.91 Å². The SMILES string of the molecule is CC(C)[C@@H](N)C(=O)N1C[C@H](O)C[C@H]1C(=O)O. The van der Waals surface area contributed by atoms with Gasteiger partial charge in [0, 0.05) is 13.0 Å². The number of carbonyl (C=O) groups is 2. The number of nitrogens with zero attached hydrogens (tertiary/aromatic N) is 1. The van der Waals surface area contributed by atoms with Crippen molar-refractivity contribution in [3.8, 4) is 0 Å². The van der Waals surface area contributed by atoms with Crippen molar-refractivity contribution in [2.75, 3.05) is 6.54 Å². The Balaban J connectivity index is 2.78. The minimum absolute atomic E-state index is 0.0518. The number of hydrogen-bond acceptors (Lipinski definition) is 4. The van der Waals surface area contributed by atoms with Crippen LogP contribution in [0.5, 0.6) is 0 Å². The van der Waals surface area contributed by atoms with Gasteiger partial charge in [0.05, 0.1) is 12.1 Å². The van der Waals surface area contributed by atoms with Crippen LogP contribution < -0.4 is 5.73 Å². The second kappa shape index (κ2) is 4.80. The minimum Gasteiger partial charge on any atom is -0.480 e. The Morgan fingerprint density at radius 1 is 1.44 bits per heavy atom. The molecule has 4 N–H and O–H groups in total. The number of aliphatic hydroxyl groups is 1. The van der Waals surface area contributed by atoms with Crippen molar-refractivity contribution in [1.82, 2.24) is 4.90 Å². The van der Waals surface area contributed by atoms with Crippen molar-refractivity contribution in [1.29, 1.82) is 0 Å². The molecule has 1 amide bonds. The van der Waals surface area contributed by atoms with E-state index in [9.17, 15) is 14.7 Å². The summed E-state index contributed by atoms with van der Waals surface area (Å²) in [4.78, 5) is 23.9. The number of carbonyl (C=O) groups excluding carboxylic acids is 1. The van der Waals surface area contributed by atoms with Gasteiger partial charge in [-0.3, -0.25) is 4.79 Å². The van der Waals surface area contributed by atoms with Crippen LogP contribution in [0.3, 0.4) is 0 Å². The highest BCUT2D eigenvalue weighted by Gasteiger charge is 2.40. The summed E-state index contributed by atoms with van der Waals surface area (Å²) in [5, 5.41) is 18.3. The van der Waals surface area contributed by atoms with Crippen molar-refractivity contribution < 1.29 is 19.8 Å². The smallest absolute Gasteiger partial charge is 0.326 e. The zero-order chi connectivity index (χ0) is 12.5. The average Bonchev–Trinajstić information content (AvgIpc) is 2.58. The first-order valence-corrected chi connectivity index (χ1v) is 5.31. The number of nitrogens with two attached hydrogens (primary N) is 1. The molecule has 0 spiro atoms. The van der Waals surface area contributed by atoms with Crippen LogP contribution in [0.25, 0.3) is 0 Å². The molecule has 0 aliphatic carbocycles. The number of rotatable bonds is 3. The lowest BCUT2D eigenvalue weighted by Crippen LogP contribution is -2.50. The molecule has 0 aromatic carbocycles. The van der Waals surface area contributed by atoms with E-state index in [1.54, 1.807) is 13.8 Å². The number of β-amino-alcohol motifs (C(OH)–C–C–N with tert-alkyl or cyclic N) is 1. The fourth-order valence-electron chi connectivity index (χ4n) is 1.77. The molecule has 1 fully saturated rings. The van der Waals surface area contributed by atoms with Crippen molar-refractivity contribution in [2.24, 2.45) is 11.7 Å². The third-order valence-corrected chi connectivity index (χ3v) is 2.85. The molecule has 0 aromatic heterocycles. The van der Waals surface area contributed by atoms with Gasteiger partial charge in [-0.05, 0) is 5.92 Å². The molecule has 92 valence electrons. The highest BCUT2D eigenvalue weighted by atomic mass is 16.4. The van der Waals surface area contributed by atoms with E-state index >= 15 is 0 Å². The van der Waals surface area contributed by atoms with Crippen LogP contribution in [-0.4, -0.2) is 51.7 Å². The number of aliphatic hydroxyl groups excluding tert-OH is 1. The maximum Gasteiger partial charge on any atom is 0.326 e. The fourth-order valence-corrected chi connectivity index (χ4v) is 1.77. The Kier molecular flexibility index (Phi) is 3.88. The van der Waals surface area contributed by atoms with Gasteiger partial charge in [-0.2, -0.15) is 0 Å². The Labute approximate surface area is 94.0 Å². The van der Waals surface area contributed by atoms with E-state index in [0.717, 1.165) is 4.90 Å². The zero-order valence-corrected chi connectivity index (χ0v) is 9.46. The lowest BCUT2D eigenvalue weighted by Gasteiger charge is -2.26. The van der Waals surface area contributed by atoms with Gasteiger partial charge in [-0.15, -0.1) is 0 Å². The highest BCUT2D eigenvalue weighted by Crippen LogP contribution is 2.20. The van der Waals surface area contributed by atoms with Crippen LogP contribution in [0.2, 0.25) is 0 Å². The summed E-state index contributed by atoms with van der Waals surface area (Å²) in [7, 11) is 0. The topological polar surface area (TPSA) is 104 Å². The van der Waals surface area contributed by atoms with Crippen molar-refractivity contribution >= 4 is 11.9 Å². The first-order chi connectivity index (χ1) is 7.34. The van der Waals surface area contributed by atoms with E-state index in [2.05, 4.69) is 0 Å². The molecule has 0 unspecified atom stereocenters. The summed E-state index contributed by atoms with van der Waals surface area (Å²) in [6, 6.07) is -1.67. The molecule has 1 aliphatic heterocycles. The molecule has 6 heteroatoms. The summed E-state index contributed by atoms with van der Waals surface area (Å²) < 4.78 is 0.